The summed E-state index contributed by atoms with van der Waals surface area (Å²) in [7, 11) is 0. The Labute approximate surface area is 160 Å². The Morgan fingerprint density at radius 3 is 2.37 bits per heavy atom. The summed E-state index contributed by atoms with van der Waals surface area (Å²) in [6, 6.07) is 5.75. The lowest BCUT2D eigenvalue weighted by Gasteiger charge is -2.32. The number of pyridine rings is 1. The fraction of sp³-hybridized carbons (Fsp3) is 0.600. The lowest BCUT2D eigenvalue weighted by atomic mass is 9.97. The van der Waals surface area contributed by atoms with Gasteiger partial charge in [-0.2, -0.15) is 5.26 Å². The van der Waals surface area contributed by atoms with E-state index in [0.29, 0.717) is 31.5 Å². The SMILES string of the molecule is CC(C)N(C(=O)COC(=O)C1CCN(c2ccc(C#N)cn2)CC1)C(C)C. The summed E-state index contributed by atoms with van der Waals surface area (Å²) >= 11 is 0. The van der Waals surface area contributed by atoms with Crippen molar-refractivity contribution < 1.29 is 14.3 Å². The summed E-state index contributed by atoms with van der Waals surface area (Å²) in [6.07, 6.45) is 2.87. The van der Waals surface area contributed by atoms with Gasteiger partial charge in [0.2, 0.25) is 0 Å². The third-order valence-corrected chi connectivity index (χ3v) is 4.77. The van der Waals surface area contributed by atoms with E-state index in [1.165, 1.54) is 0 Å². The van der Waals surface area contributed by atoms with Gasteiger partial charge in [0.1, 0.15) is 11.9 Å². The van der Waals surface area contributed by atoms with Gasteiger partial charge in [0, 0.05) is 31.4 Å². The van der Waals surface area contributed by atoms with Crippen LogP contribution < -0.4 is 4.90 Å². The van der Waals surface area contributed by atoms with Crippen molar-refractivity contribution >= 4 is 17.7 Å². The van der Waals surface area contributed by atoms with Crippen molar-refractivity contribution in [1.82, 2.24) is 9.88 Å². The maximum absolute atomic E-state index is 12.3. The van der Waals surface area contributed by atoms with Gasteiger partial charge in [-0.1, -0.05) is 0 Å². The van der Waals surface area contributed by atoms with Gasteiger partial charge >= 0.3 is 5.97 Å². The molecule has 0 saturated carbocycles. The number of piperidine rings is 1. The van der Waals surface area contributed by atoms with E-state index < -0.39 is 0 Å². The summed E-state index contributed by atoms with van der Waals surface area (Å²) in [5.41, 5.74) is 0.527. The minimum Gasteiger partial charge on any atom is -0.455 e. The first-order valence-electron chi connectivity index (χ1n) is 9.42. The number of nitrogens with zero attached hydrogens (tertiary/aromatic N) is 4. The lowest BCUT2D eigenvalue weighted by molar-refractivity contribution is -0.157. The largest absolute Gasteiger partial charge is 0.455 e. The van der Waals surface area contributed by atoms with Crippen LogP contribution in [-0.4, -0.2) is 53.5 Å². The van der Waals surface area contributed by atoms with E-state index in [-0.39, 0.29) is 36.5 Å². The third-order valence-electron chi connectivity index (χ3n) is 4.77. The van der Waals surface area contributed by atoms with Crippen LogP contribution in [0.3, 0.4) is 0 Å². The molecule has 0 N–H and O–H groups in total. The van der Waals surface area contributed by atoms with Gasteiger partial charge in [0.25, 0.3) is 5.91 Å². The second-order valence-electron chi connectivity index (χ2n) is 7.37. The van der Waals surface area contributed by atoms with E-state index in [4.69, 9.17) is 10.00 Å². The number of anilines is 1. The predicted molar refractivity (Wildman–Crippen MR) is 102 cm³/mol. The Balaban J connectivity index is 1.82. The number of ether oxygens (including phenoxy) is 1. The first kappa shape index (κ1) is 20.7. The summed E-state index contributed by atoms with van der Waals surface area (Å²) < 4.78 is 5.30. The van der Waals surface area contributed by atoms with Crippen LogP contribution in [0.1, 0.15) is 46.1 Å². The Morgan fingerprint density at radius 1 is 1.26 bits per heavy atom. The molecule has 0 aliphatic carbocycles. The molecule has 1 aromatic heterocycles. The zero-order valence-electron chi connectivity index (χ0n) is 16.5. The monoisotopic (exact) mass is 372 g/mol. The Morgan fingerprint density at radius 2 is 1.89 bits per heavy atom. The summed E-state index contributed by atoms with van der Waals surface area (Å²) in [5.74, 6) is 0.148. The van der Waals surface area contributed by atoms with Crippen molar-refractivity contribution in [3.8, 4) is 6.07 Å². The van der Waals surface area contributed by atoms with Crippen molar-refractivity contribution in [2.45, 2.75) is 52.6 Å². The highest BCUT2D eigenvalue weighted by molar-refractivity contribution is 5.81. The molecule has 0 atom stereocenters. The van der Waals surface area contributed by atoms with Gasteiger partial charge in [-0.25, -0.2) is 4.98 Å². The number of aromatic nitrogens is 1. The first-order valence-corrected chi connectivity index (χ1v) is 9.42. The Hall–Kier alpha value is -2.62. The summed E-state index contributed by atoms with van der Waals surface area (Å²) in [4.78, 5) is 32.8. The molecule has 1 aliphatic heterocycles. The van der Waals surface area contributed by atoms with E-state index in [1.54, 1.807) is 17.2 Å². The zero-order valence-corrected chi connectivity index (χ0v) is 16.5. The number of carbonyl (C=O) groups excluding carboxylic acids is 2. The molecule has 0 bridgehead atoms. The van der Waals surface area contributed by atoms with Crippen LogP contribution in [0, 0.1) is 17.2 Å². The zero-order chi connectivity index (χ0) is 20.0. The molecule has 2 heterocycles. The molecule has 2 rings (SSSR count). The molecule has 0 aromatic carbocycles. The smallest absolute Gasteiger partial charge is 0.309 e. The normalized spacial score (nSPS) is 14.9. The maximum atomic E-state index is 12.3. The van der Waals surface area contributed by atoms with E-state index in [1.807, 2.05) is 33.8 Å². The van der Waals surface area contributed by atoms with E-state index in [2.05, 4.69) is 16.0 Å². The van der Waals surface area contributed by atoms with Crippen LogP contribution in [-0.2, 0) is 14.3 Å². The summed E-state index contributed by atoms with van der Waals surface area (Å²) in [6.45, 7) is 8.98. The van der Waals surface area contributed by atoms with Crippen LogP contribution in [0.25, 0.3) is 0 Å². The first-order chi connectivity index (χ1) is 12.8. The molecule has 1 fully saturated rings. The lowest BCUT2D eigenvalue weighted by Crippen LogP contribution is -2.44. The molecule has 0 spiro atoms. The second kappa shape index (κ2) is 9.36. The topological polar surface area (TPSA) is 86.5 Å². The Bertz CT molecular complexity index is 678. The van der Waals surface area contributed by atoms with Crippen LogP contribution in [0.2, 0.25) is 0 Å². The highest BCUT2D eigenvalue weighted by Crippen LogP contribution is 2.23. The fourth-order valence-corrected chi connectivity index (χ4v) is 3.48. The van der Waals surface area contributed by atoms with Gasteiger partial charge in [-0.05, 0) is 52.7 Å². The van der Waals surface area contributed by atoms with E-state index in [0.717, 1.165) is 5.82 Å². The van der Waals surface area contributed by atoms with Gasteiger partial charge in [0.15, 0.2) is 6.61 Å². The molecular formula is C20H28N4O3. The number of esters is 1. The van der Waals surface area contributed by atoms with E-state index >= 15 is 0 Å². The van der Waals surface area contributed by atoms with Crippen LogP contribution in [0.15, 0.2) is 18.3 Å². The van der Waals surface area contributed by atoms with Crippen LogP contribution in [0.5, 0.6) is 0 Å². The van der Waals surface area contributed by atoms with Gasteiger partial charge in [0.05, 0.1) is 11.5 Å². The number of carbonyl (C=O) groups is 2. The van der Waals surface area contributed by atoms with E-state index in [9.17, 15) is 9.59 Å². The highest BCUT2D eigenvalue weighted by atomic mass is 16.5. The molecule has 1 aliphatic rings. The van der Waals surface area contributed by atoms with Crippen molar-refractivity contribution in [2.75, 3.05) is 24.6 Å². The average molecular weight is 372 g/mol. The predicted octanol–water partition coefficient (Wildman–Crippen LogP) is 2.36. The summed E-state index contributed by atoms with van der Waals surface area (Å²) in [5, 5.41) is 8.84. The minimum atomic E-state index is -0.303. The minimum absolute atomic E-state index is 0.0689. The molecular weight excluding hydrogens is 344 g/mol. The molecule has 7 nitrogen and oxygen atoms in total. The number of hydrogen-bond donors (Lipinski definition) is 0. The van der Waals surface area contributed by atoms with Crippen LogP contribution in [0.4, 0.5) is 5.82 Å². The van der Waals surface area contributed by atoms with Crippen molar-refractivity contribution in [3.63, 3.8) is 0 Å². The number of rotatable bonds is 6. The van der Waals surface area contributed by atoms with Crippen molar-refractivity contribution in [1.29, 1.82) is 5.26 Å². The molecule has 146 valence electrons. The number of amides is 1. The molecule has 0 radical (unpaired) electrons. The second-order valence-corrected chi connectivity index (χ2v) is 7.37. The van der Waals surface area contributed by atoms with Gasteiger partial charge in [-0.3, -0.25) is 9.59 Å². The quantitative estimate of drug-likeness (QED) is 0.713. The van der Waals surface area contributed by atoms with Gasteiger partial charge in [-0.15, -0.1) is 0 Å². The Kier molecular flexibility index (Phi) is 7.17. The van der Waals surface area contributed by atoms with Crippen molar-refractivity contribution in [2.24, 2.45) is 5.92 Å². The molecule has 27 heavy (non-hydrogen) atoms. The van der Waals surface area contributed by atoms with Gasteiger partial charge < -0.3 is 14.5 Å². The number of hydrogen-bond acceptors (Lipinski definition) is 6. The van der Waals surface area contributed by atoms with Crippen LogP contribution >= 0.6 is 0 Å². The standard InChI is InChI=1S/C20H28N4O3/c1-14(2)24(15(3)4)19(25)13-27-20(26)17-7-9-23(10-8-17)18-6-5-16(11-21)12-22-18/h5-6,12,14-15,17H,7-10,13H2,1-4H3. The van der Waals surface area contributed by atoms with Crippen molar-refractivity contribution in [3.05, 3.63) is 23.9 Å². The maximum Gasteiger partial charge on any atom is 0.309 e. The molecule has 1 aromatic rings. The molecule has 7 heteroatoms. The fourth-order valence-electron chi connectivity index (χ4n) is 3.48. The molecule has 1 amide bonds. The molecule has 1 saturated heterocycles. The highest BCUT2D eigenvalue weighted by Gasteiger charge is 2.28. The molecule has 0 unspecified atom stereocenters. The average Bonchev–Trinajstić information content (AvgIpc) is 2.65. The third kappa shape index (κ3) is 5.43. The number of nitriles is 1.